The van der Waals surface area contributed by atoms with Crippen molar-refractivity contribution >= 4 is 0 Å². The molecule has 0 bridgehead atoms. The second-order valence-corrected chi connectivity index (χ2v) is 7.05. The van der Waals surface area contributed by atoms with Crippen LogP contribution in [-0.2, 0) is 16.9 Å². The molecule has 2 unspecified atom stereocenters. The molecule has 2 aromatic carbocycles. The van der Waals surface area contributed by atoms with Gasteiger partial charge < -0.3 is 14.3 Å². The highest BCUT2D eigenvalue weighted by molar-refractivity contribution is 5.41. The third kappa shape index (κ3) is 3.16. The Bertz CT molecular complexity index is 848. The number of halogens is 2. The van der Waals surface area contributed by atoms with Crippen molar-refractivity contribution in [3.8, 4) is 11.5 Å². The summed E-state index contributed by atoms with van der Waals surface area (Å²) in [7, 11) is 3.24. The second-order valence-electron chi connectivity index (χ2n) is 7.05. The molecule has 0 aromatic heterocycles. The Kier molecular flexibility index (Phi) is 4.75. The molecule has 2 heterocycles. The van der Waals surface area contributed by atoms with Crippen molar-refractivity contribution in [1.82, 2.24) is 10.4 Å². The smallest absolute Gasteiger partial charge is 0.131 e. The Labute approximate surface area is 156 Å². The maximum absolute atomic E-state index is 14.5. The van der Waals surface area contributed by atoms with Gasteiger partial charge in [-0.3, -0.25) is 4.90 Å². The molecular formula is C20H22F2N2O3. The molecule has 2 aromatic rings. The van der Waals surface area contributed by atoms with Gasteiger partial charge in [-0.05, 0) is 12.1 Å². The first-order valence-electron chi connectivity index (χ1n) is 8.83. The van der Waals surface area contributed by atoms with Gasteiger partial charge in [0.1, 0.15) is 23.1 Å². The van der Waals surface area contributed by atoms with Crippen LogP contribution in [0.1, 0.15) is 11.1 Å². The van der Waals surface area contributed by atoms with Crippen LogP contribution in [0.3, 0.4) is 0 Å². The number of nitrogens with zero attached hydrogens (tertiary/aromatic N) is 1. The number of benzene rings is 2. The summed E-state index contributed by atoms with van der Waals surface area (Å²) in [5.41, 5.74) is 3.80. The predicted molar refractivity (Wildman–Crippen MR) is 95.4 cm³/mol. The van der Waals surface area contributed by atoms with Crippen LogP contribution in [0.15, 0.2) is 36.4 Å². The molecule has 0 spiro atoms. The molecule has 2 atom stereocenters. The average Bonchev–Trinajstić information content (AvgIpc) is 3.19. The molecule has 2 fully saturated rings. The number of hydrogen-bond acceptors (Lipinski definition) is 5. The van der Waals surface area contributed by atoms with Crippen LogP contribution < -0.4 is 15.0 Å². The molecule has 27 heavy (non-hydrogen) atoms. The minimum atomic E-state index is -0.683. The van der Waals surface area contributed by atoms with E-state index in [0.29, 0.717) is 25.3 Å². The molecule has 4 rings (SSSR count). The van der Waals surface area contributed by atoms with Gasteiger partial charge in [0.15, 0.2) is 0 Å². The lowest BCUT2D eigenvalue weighted by molar-refractivity contribution is 0.0457. The highest BCUT2D eigenvalue weighted by Crippen LogP contribution is 2.42. The van der Waals surface area contributed by atoms with Crippen molar-refractivity contribution in [3.05, 3.63) is 59.2 Å². The number of likely N-dealkylation sites (tertiary alicyclic amines) is 1. The summed E-state index contributed by atoms with van der Waals surface area (Å²) in [6, 6.07) is 9.45. The maximum Gasteiger partial charge on any atom is 0.131 e. The number of rotatable bonds is 5. The Morgan fingerprint density at radius 2 is 2.04 bits per heavy atom. The summed E-state index contributed by atoms with van der Waals surface area (Å²) >= 11 is 0. The number of hydrogen-bond donors (Lipinski definition) is 1. The lowest BCUT2D eigenvalue weighted by Gasteiger charge is -2.29. The Balaban J connectivity index is 1.60. The van der Waals surface area contributed by atoms with Crippen LogP contribution in [0.4, 0.5) is 8.78 Å². The zero-order valence-corrected chi connectivity index (χ0v) is 15.3. The molecule has 0 saturated carbocycles. The van der Waals surface area contributed by atoms with E-state index in [-0.39, 0.29) is 5.92 Å². The van der Waals surface area contributed by atoms with E-state index >= 15 is 0 Å². The van der Waals surface area contributed by atoms with E-state index < -0.39 is 17.2 Å². The summed E-state index contributed by atoms with van der Waals surface area (Å²) in [5.74, 6) is 0.413. The van der Waals surface area contributed by atoms with Gasteiger partial charge in [0.2, 0.25) is 0 Å². The first kappa shape index (κ1) is 18.2. The second kappa shape index (κ2) is 7.07. The Morgan fingerprint density at radius 3 is 2.78 bits per heavy atom. The predicted octanol–water partition coefficient (Wildman–Crippen LogP) is 2.84. The highest BCUT2D eigenvalue weighted by atomic mass is 19.1. The molecule has 1 N–H and O–H groups in total. The van der Waals surface area contributed by atoms with Gasteiger partial charge >= 0.3 is 0 Å². The van der Waals surface area contributed by atoms with E-state index in [2.05, 4.69) is 10.4 Å². The van der Waals surface area contributed by atoms with Gasteiger partial charge in [0.25, 0.3) is 0 Å². The minimum Gasteiger partial charge on any atom is -0.497 e. The molecule has 144 valence electrons. The van der Waals surface area contributed by atoms with Gasteiger partial charge in [0.05, 0.1) is 26.4 Å². The molecule has 7 heteroatoms. The lowest BCUT2D eigenvalue weighted by atomic mass is 9.82. The van der Waals surface area contributed by atoms with Crippen LogP contribution in [0.2, 0.25) is 0 Å². The molecule has 2 aliphatic rings. The van der Waals surface area contributed by atoms with E-state index in [1.165, 1.54) is 12.1 Å². The molecule has 0 aliphatic carbocycles. The van der Waals surface area contributed by atoms with Crippen molar-refractivity contribution < 1.29 is 23.1 Å². The van der Waals surface area contributed by atoms with Crippen LogP contribution in [0, 0.1) is 17.6 Å². The number of fused-ring (bicyclic) bond motifs is 1. The summed E-state index contributed by atoms with van der Waals surface area (Å²) < 4.78 is 38.6. The lowest BCUT2D eigenvalue weighted by Crippen LogP contribution is -2.43. The Hall–Kier alpha value is -2.22. The number of ether oxygens (including phenoxy) is 2. The monoisotopic (exact) mass is 376 g/mol. The number of hydroxylamine groups is 1. The molecule has 0 radical (unpaired) electrons. The minimum absolute atomic E-state index is 0.0710. The normalized spacial score (nSPS) is 24.8. The summed E-state index contributed by atoms with van der Waals surface area (Å²) in [4.78, 5) is 7.68. The third-order valence-corrected chi connectivity index (χ3v) is 5.49. The van der Waals surface area contributed by atoms with Crippen molar-refractivity contribution in [2.45, 2.75) is 12.1 Å². The topological polar surface area (TPSA) is 43.0 Å². The third-order valence-electron chi connectivity index (χ3n) is 5.49. The molecule has 2 aliphatic heterocycles. The zero-order chi connectivity index (χ0) is 19.0. The van der Waals surface area contributed by atoms with Crippen LogP contribution in [0.25, 0.3) is 0 Å². The van der Waals surface area contributed by atoms with E-state index in [1.54, 1.807) is 14.2 Å². The molecule has 5 nitrogen and oxygen atoms in total. The quantitative estimate of drug-likeness (QED) is 0.869. The molecule has 0 amide bonds. The first-order valence-corrected chi connectivity index (χ1v) is 8.83. The number of nitrogens with one attached hydrogen (secondary N) is 1. The van der Waals surface area contributed by atoms with Crippen LogP contribution in [0.5, 0.6) is 11.5 Å². The maximum atomic E-state index is 14.5. The summed E-state index contributed by atoms with van der Waals surface area (Å²) in [6.07, 6.45) is 0. The molecular weight excluding hydrogens is 354 g/mol. The average molecular weight is 376 g/mol. The van der Waals surface area contributed by atoms with Crippen molar-refractivity contribution in [2.75, 3.05) is 33.9 Å². The van der Waals surface area contributed by atoms with Crippen molar-refractivity contribution in [2.24, 2.45) is 5.92 Å². The summed E-state index contributed by atoms with van der Waals surface area (Å²) in [6.45, 7) is 2.41. The fourth-order valence-corrected chi connectivity index (χ4v) is 4.15. The van der Waals surface area contributed by atoms with Gasteiger partial charge in [-0.15, -0.1) is 0 Å². The SMILES string of the molecule is COc1ccc(CN2CC3CONC3(c3ccc(F)cc3F)C2)c(OC)c1. The van der Waals surface area contributed by atoms with Gasteiger partial charge in [-0.2, -0.15) is 5.48 Å². The fraction of sp³-hybridized carbons (Fsp3) is 0.400. The van der Waals surface area contributed by atoms with E-state index in [0.717, 1.165) is 29.7 Å². The van der Waals surface area contributed by atoms with Gasteiger partial charge in [-0.1, -0.05) is 12.1 Å². The van der Waals surface area contributed by atoms with E-state index in [4.69, 9.17) is 14.3 Å². The fourth-order valence-electron chi connectivity index (χ4n) is 4.15. The largest absolute Gasteiger partial charge is 0.497 e. The number of methoxy groups -OCH3 is 2. The first-order chi connectivity index (χ1) is 13.1. The molecule has 2 saturated heterocycles. The van der Waals surface area contributed by atoms with Gasteiger partial charge in [0, 0.05) is 48.8 Å². The van der Waals surface area contributed by atoms with Crippen LogP contribution in [-0.4, -0.2) is 38.8 Å². The summed E-state index contributed by atoms with van der Waals surface area (Å²) in [5, 5.41) is 0. The van der Waals surface area contributed by atoms with Crippen LogP contribution >= 0.6 is 0 Å². The van der Waals surface area contributed by atoms with E-state index in [1.807, 2.05) is 18.2 Å². The van der Waals surface area contributed by atoms with E-state index in [9.17, 15) is 8.78 Å². The zero-order valence-electron chi connectivity index (χ0n) is 15.3. The highest BCUT2D eigenvalue weighted by Gasteiger charge is 2.53. The standard InChI is InChI=1S/C20H22F2N2O3/c1-25-16-5-3-13(19(8-16)26-2)9-24-10-14-11-27-23-20(14,12-24)17-6-4-15(21)7-18(17)22/h3-8,14,23H,9-12H2,1-2H3. The van der Waals surface area contributed by atoms with Crippen molar-refractivity contribution in [1.29, 1.82) is 0 Å². The van der Waals surface area contributed by atoms with Crippen molar-refractivity contribution in [3.63, 3.8) is 0 Å². The van der Waals surface area contributed by atoms with Gasteiger partial charge in [-0.25, -0.2) is 8.78 Å². The Morgan fingerprint density at radius 1 is 1.19 bits per heavy atom.